The lowest BCUT2D eigenvalue weighted by atomic mass is 9.93. The van der Waals surface area contributed by atoms with Gasteiger partial charge in [-0.2, -0.15) is 5.10 Å². The van der Waals surface area contributed by atoms with Gasteiger partial charge in [-0.3, -0.25) is 14.5 Å². The topological polar surface area (TPSA) is 143 Å². The van der Waals surface area contributed by atoms with Gasteiger partial charge in [-0.25, -0.2) is 14.3 Å². The average Bonchev–Trinajstić information content (AvgIpc) is 3.57. The normalized spacial score (nSPS) is 13.8. The summed E-state index contributed by atoms with van der Waals surface area (Å²) in [6.07, 6.45) is -0.0761. The van der Waals surface area contributed by atoms with Crippen molar-refractivity contribution >= 4 is 46.2 Å². The van der Waals surface area contributed by atoms with Gasteiger partial charge in [0.15, 0.2) is 12.3 Å². The molecule has 1 aliphatic heterocycles. The number of para-hydroxylation sites is 3. The predicted octanol–water partition coefficient (Wildman–Crippen LogP) is 7.56. The van der Waals surface area contributed by atoms with Crippen LogP contribution in [0.5, 0.6) is 5.75 Å². The molecule has 284 valence electrons. The lowest BCUT2D eigenvalue weighted by Crippen LogP contribution is -2.50. The molecule has 0 spiro atoms. The maximum atomic E-state index is 14.9. The largest absolute Gasteiger partial charge is 0.482 e. The number of fused-ring (bicyclic) bond motifs is 2. The SMILES string of the molecule is CC(C)(C)OC(=O)NC[C@@H]1Cc2ccccc2CN1C(=O)c1ccccc1-n1nc(C(=O)N(c2ccccc2)c2ccccc2)c2ccc(OCC(=O)O)cc21. The Balaban J connectivity index is 1.32. The van der Waals surface area contributed by atoms with Crippen LogP contribution in [0.4, 0.5) is 16.2 Å². The van der Waals surface area contributed by atoms with E-state index in [2.05, 4.69) is 5.32 Å². The van der Waals surface area contributed by atoms with Crippen LogP contribution in [0.1, 0.15) is 52.7 Å². The third-order valence-electron chi connectivity index (χ3n) is 9.31. The van der Waals surface area contributed by atoms with Crippen LogP contribution >= 0.6 is 0 Å². The molecule has 0 bridgehead atoms. The highest BCUT2D eigenvalue weighted by Gasteiger charge is 2.33. The van der Waals surface area contributed by atoms with E-state index in [0.717, 1.165) is 11.1 Å². The van der Waals surface area contributed by atoms with Gasteiger partial charge < -0.3 is 24.8 Å². The summed E-state index contributed by atoms with van der Waals surface area (Å²) < 4.78 is 12.6. The highest BCUT2D eigenvalue weighted by molar-refractivity contribution is 6.16. The van der Waals surface area contributed by atoms with E-state index in [9.17, 15) is 24.3 Å². The number of carbonyl (C=O) groups excluding carboxylic acids is 3. The van der Waals surface area contributed by atoms with Crippen molar-refractivity contribution in [3.63, 3.8) is 0 Å². The second-order valence-corrected chi connectivity index (χ2v) is 14.4. The Morgan fingerprint density at radius 2 is 1.45 bits per heavy atom. The van der Waals surface area contributed by atoms with Gasteiger partial charge in [0.1, 0.15) is 11.4 Å². The number of amides is 3. The molecule has 0 fully saturated rings. The molecule has 12 nitrogen and oxygen atoms in total. The second-order valence-electron chi connectivity index (χ2n) is 14.4. The van der Waals surface area contributed by atoms with Gasteiger partial charge >= 0.3 is 12.1 Å². The van der Waals surface area contributed by atoms with Gasteiger partial charge in [-0.15, -0.1) is 0 Å². The summed E-state index contributed by atoms with van der Waals surface area (Å²) in [6.45, 7) is 5.23. The summed E-state index contributed by atoms with van der Waals surface area (Å²) >= 11 is 0. The fourth-order valence-corrected chi connectivity index (χ4v) is 6.83. The molecule has 7 rings (SSSR count). The molecule has 1 atom stereocenters. The van der Waals surface area contributed by atoms with E-state index in [1.165, 1.54) is 4.68 Å². The number of hydrogen-bond acceptors (Lipinski definition) is 7. The molecule has 0 aliphatic carbocycles. The highest BCUT2D eigenvalue weighted by atomic mass is 16.6. The molecule has 1 aromatic heterocycles. The van der Waals surface area contributed by atoms with E-state index < -0.39 is 36.2 Å². The van der Waals surface area contributed by atoms with Crippen LogP contribution in [-0.4, -0.2) is 68.5 Å². The molecule has 12 heteroatoms. The second kappa shape index (κ2) is 15.8. The van der Waals surface area contributed by atoms with E-state index in [1.54, 1.807) is 73.0 Å². The first-order valence-electron chi connectivity index (χ1n) is 18.2. The zero-order valence-electron chi connectivity index (χ0n) is 31.2. The molecule has 0 saturated heterocycles. The van der Waals surface area contributed by atoms with E-state index in [4.69, 9.17) is 14.6 Å². The van der Waals surface area contributed by atoms with Crippen molar-refractivity contribution in [3.8, 4) is 11.4 Å². The average molecular weight is 752 g/mol. The Morgan fingerprint density at radius 1 is 0.821 bits per heavy atom. The molecule has 0 saturated carbocycles. The Kier molecular flexibility index (Phi) is 10.5. The number of anilines is 2. The number of hydrogen-bond donors (Lipinski definition) is 2. The molecule has 6 aromatic rings. The number of carboxylic acids is 1. The number of benzene rings is 5. The Labute approximate surface area is 323 Å². The number of alkyl carbamates (subject to hydrolysis) is 1. The molecule has 5 aromatic carbocycles. The predicted molar refractivity (Wildman–Crippen MR) is 212 cm³/mol. The zero-order chi connectivity index (χ0) is 39.4. The summed E-state index contributed by atoms with van der Waals surface area (Å²) in [4.78, 5) is 57.1. The number of aromatic nitrogens is 2. The lowest BCUT2D eigenvalue weighted by Gasteiger charge is -2.37. The van der Waals surface area contributed by atoms with Crippen molar-refractivity contribution in [1.82, 2.24) is 20.0 Å². The Morgan fingerprint density at radius 3 is 2.11 bits per heavy atom. The van der Waals surface area contributed by atoms with E-state index in [-0.39, 0.29) is 23.9 Å². The van der Waals surface area contributed by atoms with Gasteiger partial charge in [0.25, 0.3) is 11.8 Å². The number of carboxylic acid groups (broad SMARTS) is 1. The molecule has 56 heavy (non-hydrogen) atoms. The molecule has 2 heterocycles. The van der Waals surface area contributed by atoms with Gasteiger partial charge in [0.05, 0.1) is 22.8 Å². The fourth-order valence-electron chi connectivity index (χ4n) is 6.83. The maximum Gasteiger partial charge on any atom is 0.407 e. The lowest BCUT2D eigenvalue weighted by molar-refractivity contribution is -0.139. The molecule has 0 unspecified atom stereocenters. The Hall–Kier alpha value is -6.95. The number of ether oxygens (including phenoxy) is 2. The van der Waals surface area contributed by atoms with Crippen LogP contribution in [0, 0.1) is 0 Å². The first kappa shape index (κ1) is 37.4. The molecule has 3 amide bonds. The summed E-state index contributed by atoms with van der Waals surface area (Å²) in [5.74, 6) is -1.63. The van der Waals surface area contributed by atoms with Crippen LogP contribution < -0.4 is 15.0 Å². The number of carbonyl (C=O) groups is 4. The third kappa shape index (κ3) is 8.09. The summed E-state index contributed by atoms with van der Waals surface area (Å²) in [5.41, 5.74) is 3.85. The number of nitrogens with one attached hydrogen (secondary N) is 1. The van der Waals surface area contributed by atoms with Gasteiger partial charge in [-0.1, -0.05) is 72.8 Å². The van der Waals surface area contributed by atoms with Crippen molar-refractivity contribution in [1.29, 1.82) is 0 Å². The van der Waals surface area contributed by atoms with Crippen LogP contribution in [0.25, 0.3) is 16.6 Å². The number of nitrogens with zero attached hydrogens (tertiary/aromatic N) is 4. The Bertz CT molecular complexity index is 2370. The highest BCUT2D eigenvalue weighted by Crippen LogP contribution is 2.34. The summed E-state index contributed by atoms with van der Waals surface area (Å²) in [6, 6.07) is 37.8. The first-order chi connectivity index (χ1) is 27.0. The van der Waals surface area contributed by atoms with Crippen molar-refractivity contribution in [3.05, 3.63) is 150 Å². The minimum Gasteiger partial charge on any atom is -0.482 e. The number of aliphatic carboxylic acids is 1. The standard InChI is InChI=1S/C44H41N5O7/c1-44(2,3)56-43(54)45-26-33-24-29-14-10-11-15-30(29)27-47(33)41(52)36-20-12-13-21-37(36)49-38-25-34(55-28-39(50)51)22-23-35(38)40(46-49)42(53)48(31-16-6-4-7-17-31)32-18-8-5-9-19-32/h4-23,25,33H,24,26-28H2,1-3H3,(H,45,54)(H,50,51)/t33-/m0/s1. The van der Waals surface area contributed by atoms with Crippen LogP contribution in [0.3, 0.4) is 0 Å². The third-order valence-corrected chi connectivity index (χ3v) is 9.31. The van der Waals surface area contributed by atoms with Crippen LogP contribution in [-0.2, 0) is 22.5 Å². The molecule has 2 N–H and O–H groups in total. The van der Waals surface area contributed by atoms with Gasteiger partial charge in [-0.05, 0) is 86.8 Å². The van der Waals surface area contributed by atoms with Crippen molar-refractivity contribution in [2.75, 3.05) is 18.1 Å². The quantitative estimate of drug-likeness (QED) is 0.146. The van der Waals surface area contributed by atoms with Crippen molar-refractivity contribution < 1.29 is 33.8 Å². The van der Waals surface area contributed by atoms with Crippen LogP contribution in [0.15, 0.2) is 127 Å². The van der Waals surface area contributed by atoms with Gasteiger partial charge in [0.2, 0.25) is 0 Å². The summed E-state index contributed by atoms with van der Waals surface area (Å²) in [7, 11) is 0. The fraction of sp³-hybridized carbons (Fsp3) is 0.205. The van der Waals surface area contributed by atoms with Crippen LogP contribution in [0.2, 0.25) is 0 Å². The summed E-state index contributed by atoms with van der Waals surface area (Å²) in [5, 5.41) is 17.6. The molecular formula is C44H41N5O7. The number of rotatable bonds is 10. The van der Waals surface area contributed by atoms with Crippen molar-refractivity contribution in [2.45, 2.75) is 45.4 Å². The zero-order valence-corrected chi connectivity index (χ0v) is 31.2. The minimum atomic E-state index is -1.15. The smallest absolute Gasteiger partial charge is 0.407 e. The minimum absolute atomic E-state index is 0.103. The molecule has 1 aliphatic rings. The van der Waals surface area contributed by atoms with E-state index >= 15 is 0 Å². The first-order valence-corrected chi connectivity index (χ1v) is 18.2. The van der Waals surface area contributed by atoms with E-state index in [1.807, 2.05) is 84.9 Å². The molecule has 0 radical (unpaired) electrons. The van der Waals surface area contributed by atoms with Gasteiger partial charge in [0, 0.05) is 35.9 Å². The monoisotopic (exact) mass is 751 g/mol. The van der Waals surface area contributed by atoms with E-state index in [0.29, 0.717) is 46.5 Å². The maximum absolute atomic E-state index is 14.9. The molecular weight excluding hydrogens is 711 g/mol. The van der Waals surface area contributed by atoms with Crippen molar-refractivity contribution in [2.24, 2.45) is 0 Å².